The summed E-state index contributed by atoms with van der Waals surface area (Å²) in [4.78, 5) is 13.5. The Morgan fingerprint density at radius 2 is 1.74 bits per heavy atom. The third-order valence-electron chi connectivity index (χ3n) is 5.22. The fourth-order valence-electron chi connectivity index (χ4n) is 3.72. The number of fused-ring (bicyclic) bond motifs is 1. The lowest BCUT2D eigenvalue weighted by atomic mass is 9.89. The summed E-state index contributed by atoms with van der Waals surface area (Å²) < 4.78 is 42.7. The Hall–Kier alpha value is -3.04. The number of thiophene rings is 1. The molecule has 0 fully saturated rings. The van der Waals surface area contributed by atoms with Crippen LogP contribution >= 0.6 is 11.3 Å². The molecule has 0 radical (unpaired) electrons. The molecule has 0 spiro atoms. The number of carbonyl (C=O) groups is 1. The molecule has 1 aromatic heterocycles. The van der Waals surface area contributed by atoms with Gasteiger partial charge in [0, 0.05) is 28.2 Å². The summed E-state index contributed by atoms with van der Waals surface area (Å²) in [6.45, 7) is 0. The minimum atomic E-state index is -3.84. The highest BCUT2D eigenvalue weighted by Crippen LogP contribution is 2.49. The topological polar surface area (TPSA) is 90.9 Å². The first-order chi connectivity index (χ1) is 14.9. The molecule has 1 aliphatic heterocycles. The van der Waals surface area contributed by atoms with Gasteiger partial charge in [-0.15, -0.1) is 11.3 Å². The number of benzene rings is 2. The number of carbonyl (C=O) groups excluding carboxylic acids is 1. The van der Waals surface area contributed by atoms with E-state index >= 15 is 0 Å². The van der Waals surface area contributed by atoms with Gasteiger partial charge in [-0.25, -0.2) is 8.42 Å². The number of nitrogens with one attached hydrogen (secondary N) is 1. The average Bonchev–Trinajstić information content (AvgIpc) is 3.22. The monoisotopic (exact) mass is 459 g/mol. The number of hydrogen-bond donors (Lipinski definition) is 1. The number of amides is 1. The lowest BCUT2D eigenvalue weighted by Crippen LogP contribution is -2.23. The van der Waals surface area contributed by atoms with Crippen molar-refractivity contribution >= 4 is 32.8 Å². The first-order valence-electron chi connectivity index (χ1n) is 9.42. The van der Waals surface area contributed by atoms with E-state index in [9.17, 15) is 13.2 Å². The molecule has 162 valence electrons. The Kier molecular flexibility index (Phi) is 5.63. The van der Waals surface area contributed by atoms with Crippen molar-refractivity contribution in [3.8, 4) is 17.2 Å². The molecule has 31 heavy (non-hydrogen) atoms. The summed E-state index contributed by atoms with van der Waals surface area (Å²) in [6.07, 6.45) is 0.180. The first-order valence-corrected chi connectivity index (χ1v) is 11.8. The van der Waals surface area contributed by atoms with Gasteiger partial charge in [-0.05, 0) is 30.3 Å². The fourth-order valence-corrected chi connectivity index (χ4v) is 6.62. The third-order valence-corrected chi connectivity index (χ3v) is 8.26. The molecule has 9 heteroatoms. The minimum Gasteiger partial charge on any atom is -0.497 e. The summed E-state index contributed by atoms with van der Waals surface area (Å²) in [7, 11) is 0.767. The molecule has 1 unspecified atom stereocenters. The number of ether oxygens (including phenoxy) is 3. The molecule has 2 heterocycles. The van der Waals surface area contributed by atoms with Crippen molar-refractivity contribution in [1.82, 2.24) is 0 Å². The highest BCUT2D eigenvalue weighted by Gasteiger charge is 2.36. The molecule has 1 aliphatic rings. The van der Waals surface area contributed by atoms with Crippen LogP contribution < -0.4 is 19.5 Å². The Morgan fingerprint density at radius 1 is 1.00 bits per heavy atom. The maximum atomic E-state index is 13.3. The van der Waals surface area contributed by atoms with Crippen LogP contribution in [0.4, 0.5) is 5.69 Å². The maximum Gasteiger partial charge on any atom is 0.225 e. The minimum absolute atomic E-state index is 0.0811. The van der Waals surface area contributed by atoms with E-state index in [4.69, 9.17) is 14.2 Å². The van der Waals surface area contributed by atoms with E-state index in [1.165, 1.54) is 30.6 Å². The number of methoxy groups -OCH3 is 3. The predicted molar refractivity (Wildman–Crippen MR) is 117 cm³/mol. The quantitative estimate of drug-likeness (QED) is 0.597. The van der Waals surface area contributed by atoms with Crippen LogP contribution in [0.3, 0.4) is 0 Å². The lowest BCUT2D eigenvalue weighted by Gasteiger charge is -2.25. The lowest BCUT2D eigenvalue weighted by molar-refractivity contribution is -0.116. The Balaban J connectivity index is 1.83. The van der Waals surface area contributed by atoms with E-state index in [1.807, 2.05) is 12.1 Å². The smallest absolute Gasteiger partial charge is 0.225 e. The van der Waals surface area contributed by atoms with Crippen molar-refractivity contribution in [2.24, 2.45) is 0 Å². The van der Waals surface area contributed by atoms with Gasteiger partial charge < -0.3 is 19.5 Å². The second kappa shape index (κ2) is 8.24. The number of para-hydroxylation sites is 1. The van der Waals surface area contributed by atoms with Crippen molar-refractivity contribution < 1.29 is 27.4 Å². The summed E-state index contributed by atoms with van der Waals surface area (Å²) in [5, 5.41) is 4.35. The highest BCUT2D eigenvalue weighted by molar-refractivity contribution is 7.91. The van der Waals surface area contributed by atoms with Crippen LogP contribution in [0.15, 0.2) is 57.6 Å². The first kappa shape index (κ1) is 21.2. The van der Waals surface area contributed by atoms with E-state index in [1.54, 1.807) is 37.8 Å². The van der Waals surface area contributed by atoms with E-state index < -0.39 is 9.84 Å². The molecule has 7 nitrogen and oxygen atoms in total. The summed E-state index contributed by atoms with van der Waals surface area (Å²) in [5.74, 6) is 1.04. The number of rotatable bonds is 6. The molecule has 1 amide bonds. The van der Waals surface area contributed by atoms with Gasteiger partial charge in [-0.2, -0.15) is 0 Å². The van der Waals surface area contributed by atoms with Crippen molar-refractivity contribution in [3.05, 3.63) is 58.3 Å². The second-order valence-corrected chi connectivity index (χ2v) is 9.74. The van der Waals surface area contributed by atoms with Gasteiger partial charge in [0.2, 0.25) is 15.7 Å². The molecular formula is C22H21NO6S2. The normalized spacial score (nSPS) is 15.7. The van der Waals surface area contributed by atoms with Gasteiger partial charge in [0.1, 0.15) is 10.6 Å². The largest absolute Gasteiger partial charge is 0.497 e. The van der Waals surface area contributed by atoms with Crippen LogP contribution in [-0.2, 0) is 14.6 Å². The van der Waals surface area contributed by atoms with Crippen LogP contribution in [0.5, 0.6) is 17.2 Å². The van der Waals surface area contributed by atoms with Gasteiger partial charge in [0.25, 0.3) is 0 Å². The molecular weight excluding hydrogens is 438 g/mol. The highest BCUT2D eigenvalue weighted by atomic mass is 32.2. The molecule has 1 atom stereocenters. The van der Waals surface area contributed by atoms with Crippen molar-refractivity contribution in [1.29, 1.82) is 0 Å². The molecule has 3 aromatic rings. The number of hydrogen-bond acceptors (Lipinski definition) is 7. The summed E-state index contributed by atoms with van der Waals surface area (Å²) in [6, 6.07) is 11.6. The number of sulfone groups is 1. The van der Waals surface area contributed by atoms with Gasteiger partial charge in [0.05, 0.1) is 31.9 Å². The van der Waals surface area contributed by atoms with Crippen molar-refractivity contribution in [3.63, 3.8) is 0 Å². The Bertz CT molecular complexity index is 1230. The van der Waals surface area contributed by atoms with Crippen LogP contribution in [0.25, 0.3) is 0 Å². The van der Waals surface area contributed by atoms with Crippen molar-refractivity contribution in [2.45, 2.75) is 22.1 Å². The average molecular weight is 460 g/mol. The standard InChI is InChI=1S/C22H21NO6S2/c1-27-13-7-9-14(10-8-13)31(25,26)18-12-30-22-16(11-19(24)23-20(18)22)15-5-4-6-17(28-2)21(15)29-3/h4-10,12,16H,11H2,1-3H3,(H,23,24). The fraction of sp³-hybridized carbons (Fsp3) is 0.227. The molecule has 0 aliphatic carbocycles. The molecule has 0 bridgehead atoms. The SMILES string of the molecule is COc1ccc(S(=O)(=O)c2csc3c2NC(=O)CC3c2cccc(OC)c2OC)cc1. The van der Waals surface area contributed by atoms with Gasteiger partial charge in [-0.1, -0.05) is 12.1 Å². The van der Waals surface area contributed by atoms with Crippen LogP contribution in [0.2, 0.25) is 0 Å². The molecule has 4 rings (SSSR count). The predicted octanol–water partition coefficient (Wildman–Crippen LogP) is 4.08. The van der Waals surface area contributed by atoms with E-state index in [-0.39, 0.29) is 28.0 Å². The Labute approximate surface area is 184 Å². The van der Waals surface area contributed by atoms with Crippen LogP contribution in [-0.4, -0.2) is 35.7 Å². The van der Waals surface area contributed by atoms with Gasteiger partial charge in [-0.3, -0.25) is 4.79 Å². The Morgan fingerprint density at radius 3 is 2.39 bits per heavy atom. The molecule has 0 saturated carbocycles. The molecule has 1 N–H and O–H groups in total. The van der Waals surface area contributed by atoms with Gasteiger partial charge in [0.15, 0.2) is 11.5 Å². The maximum absolute atomic E-state index is 13.3. The third kappa shape index (κ3) is 3.64. The zero-order chi connectivity index (χ0) is 22.2. The van der Waals surface area contributed by atoms with Crippen LogP contribution in [0, 0.1) is 0 Å². The summed E-state index contributed by atoms with van der Waals surface area (Å²) >= 11 is 1.30. The zero-order valence-electron chi connectivity index (χ0n) is 17.2. The van der Waals surface area contributed by atoms with E-state index in [0.29, 0.717) is 22.9 Å². The van der Waals surface area contributed by atoms with Crippen LogP contribution in [0.1, 0.15) is 22.8 Å². The van der Waals surface area contributed by atoms with E-state index in [0.717, 1.165) is 10.4 Å². The zero-order valence-corrected chi connectivity index (χ0v) is 18.8. The molecule has 0 saturated heterocycles. The number of anilines is 1. The van der Waals surface area contributed by atoms with E-state index in [2.05, 4.69) is 5.32 Å². The van der Waals surface area contributed by atoms with Crippen molar-refractivity contribution in [2.75, 3.05) is 26.6 Å². The molecule has 2 aromatic carbocycles. The second-order valence-electron chi connectivity index (χ2n) is 6.91. The summed E-state index contributed by atoms with van der Waals surface area (Å²) in [5.41, 5.74) is 1.10. The van der Waals surface area contributed by atoms with Gasteiger partial charge >= 0.3 is 0 Å².